The largest absolute Gasteiger partial charge is 0.302 e. The summed E-state index contributed by atoms with van der Waals surface area (Å²) in [6.07, 6.45) is 2.06. The van der Waals surface area contributed by atoms with Gasteiger partial charge in [-0.2, -0.15) is 5.10 Å². The van der Waals surface area contributed by atoms with Gasteiger partial charge in [-0.25, -0.2) is 4.98 Å². The van der Waals surface area contributed by atoms with Crippen molar-refractivity contribution >= 4 is 44.9 Å². The minimum atomic E-state index is -0.0700. The number of halogens is 1. The topological polar surface area (TPSA) is 59.8 Å². The van der Waals surface area contributed by atoms with Crippen LogP contribution in [0.15, 0.2) is 24.4 Å². The third-order valence-electron chi connectivity index (χ3n) is 3.46. The molecule has 1 N–H and O–H groups in total. The summed E-state index contributed by atoms with van der Waals surface area (Å²) in [6, 6.07) is 5.65. The Morgan fingerprint density at radius 2 is 2.23 bits per heavy atom. The molecule has 1 aromatic carbocycles. The molecule has 1 amide bonds. The first-order chi connectivity index (χ1) is 10.5. The fourth-order valence-electron chi connectivity index (χ4n) is 2.16. The van der Waals surface area contributed by atoms with Gasteiger partial charge in [-0.05, 0) is 26.0 Å². The zero-order chi connectivity index (χ0) is 15.7. The van der Waals surface area contributed by atoms with Gasteiger partial charge in [-0.15, -0.1) is 11.3 Å². The van der Waals surface area contributed by atoms with Crippen LogP contribution in [0.3, 0.4) is 0 Å². The highest BCUT2D eigenvalue weighted by Crippen LogP contribution is 2.23. The molecule has 0 saturated carbocycles. The molecule has 0 spiro atoms. The van der Waals surface area contributed by atoms with E-state index in [2.05, 4.69) is 15.4 Å². The first kappa shape index (κ1) is 15.0. The predicted molar refractivity (Wildman–Crippen MR) is 89.6 cm³/mol. The third kappa shape index (κ3) is 2.98. The van der Waals surface area contributed by atoms with E-state index in [0.717, 1.165) is 21.5 Å². The van der Waals surface area contributed by atoms with Crippen molar-refractivity contribution < 1.29 is 4.79 Å². The predicted octanol–water partition coefficient (Wildman–Crippen LogP) is 3.79. The summed E-state index contributed by atoms with van der Waals surface area (Å²) in [5.41, 5.74) is 1.88. The lowest BCUT2D eigenvalue weighted by molar-refractivity contribution is -0.116. The highest BCUT2D eigenvalue weighted by Gasteiger charge is 2.10. The average Bonchev–Trinajstić information content (AvgIpc) is 3.02. The molecule has 0 fully saturated rings. The summed E-state index contributed by atoms with van der Waals surface area (Å²) < 4.78 is 1.79. The minimum absolute atomic E-state index is 0.0700. The van der Waals surface area contributed by atoms with E-state index in [1.165, 1.54) is 11.3 Å². The lowest BCUT2D eigenvalue weighted by Gasteiger charge is -2.04. The van der Waals surface area contributed by atoms with Crippen LogP contribution < -0.4 is 5.32 Å². The van der Waals surface area contributed by atoms with Crippen LogP contribution in [0.25, 0.3) is 10.9 Å². The number of benzene rings is 1. The molecule has 3 aromatic rings. The van der Waals surface area contributed by atoms with Crippen LogP contribution in [0.2, 0.25) is 5.02 Å². The van der Waals surface area contributed by atoms with Crippen molar-refractivity contribution in [2.75, 3.05) is 5.32 Å². The van der Waals surface area contributed by atoms with E-state index in [9.17, 15) is 4.79 Å². The number of amides is 1. The van der Waals surface area contributed by atoms with Gasteiger partial charge in [0, 0.05) is 16.7 Å². The van der Waals surface area contributed by atoms with Crippen LogP contribution in [-0.2, 0) is 11.3 Å². The molecule has 0 saturated heterocycles. The Morgan fingerprint density at radius 3 is 2.95 bits per heavy atom. The summed E-state index contributed by atoms with van der Waals surface area (Å²) in [7, 11) is 0. The van der Waals surface area contributed by atoms with Crippen LogP contribution in [0.5, 0.6) is 0 Å². The van der Waals surface area contributed by atoms with Crippen LogP contribution in [0.1, 0.15) is 17.0 Å². The number of nitrogens with zero attached hydrogens (tertiary/aromatic N) is 3. The van der Waals surface area contributed by atoms with E-state index >= 15 is 0 Å². The maximum Gasteiger partial charge on any atom is 0.228 e. The van der Waals surface area contributed by atoms with Crippen LogP contribution >= 0.6 is 22.9 Å². The summed E-state index contributed by atoms with van der Waals surface area (Å²) in [5.74, 6) is -0.0700. The Morgan fingerprint density at radius 1 is 1.41 bits per heavy atom. The molecule has 0 atom stereocenters. The monoisotopic (exact) mass is 334 g/mol. The quantitative estimate of drug-likeness (QED) is 0.789. The Hall–Kier alpha value is -1.92. The van der Waals surface area contributed by atoms with Crippen molar-refractivity contribution in [3.05, 3.63) is 40.0 Å². The zero-order valence-electron chi connectivity index (χ0n) is 12.3. The fourth-order valence-corrected chi connectivity index (χ4v) is 3.21. The molecule has 0 aliphatic rings. The molecule has 3 rings (SSSR count). The van der Waals surface area contributed by atoms with E-state index in [1.54, 1.807) is 10.9 Å². The first-order valence-electron chi connectivity index (χ1n) is 6.88. The van der Waals surface area contributed by atoms with E-state index < -0.39 is 0 Å². The number of carbonyl (C=O) groups excluding carboxylic acids is 1. The van der Waals surface area contributed by atoms with E-state index in [1.807, 2.05) is 32.0 Å². The van der Waals surface area contributed by atoms with E-state index in [-0.39, 0.29) is 5.91 Å². The number of anilines is 1. The van der Waals surface area contributed by atoms with Gasteiger partial charge in [0.05, 0.1) is 29.0 Å². The van der Waals surface area contributed by atoms with Crippen molar-refractivity contribution in [3.8, 4) is 0 Å². The summed E-state index contributed by atoms with van der Waals surface area (Å²) in [4.78, 5) is 17.4. The molecule has 0 aliphatic heterocycles. The number of nitrogens with one attached hydrogen (secondary N) is 1. The average molecular weight is 335 g/mol. The molecule has 0 unspecified atom stereocenters. The Balaban J connectivity index is 1.66. The molecule has 2 aromatic heterocycles. The van der Waals surface area contributed by atoms with E-state index in [4.69, 9.17) is 11.6 Å². The lowest BCUT2D eigenvalue weighted by Crippen LogP contribution is -2.14. The van der Waals surface area contributed by atoms with Gasteiger partial charge in [0.15, 0.2) is 5.13 Å². The number of aryl methyl sites for hydroxylation is 3. The van der Waals surface area contributed by atoms with Crippen LogP contribution in [0, 0.1) is 13.8 Å². The second kappa shape index (κ2) is 6.06. The van der Waals surface area contributed by atoms with Crippen molar-refractivity contribution in [1.82, 2.24) is 14.8 Å². The number of rotatable bonds is 4. The van der Waals surface area contributed by atoms with Crippen molar-refractivity contribution in [2.24, 2.45) is 0 Å². The standard InChI is InChI=1S/C15H15ClN4OS/c1-9-10(2)22-15(18-9)19-14(21)6-7-20-13-5-3-4-12(16)11(13)8-17-20/h3-5,8H,6-7H2,1-2H3,(H,18,19,21). The van der Waals surface area contributed by atoms with Crippen molar-refractivity contribution in [2.45, 2.75) is 26.8 Å². The highest BCUT2D eigenvalue weighted by atomic mass is 35.5. The van der Waals surface area contributed by atoms with Crippen molar-refractivity contribution in [3.63, 3.8) is 0 Å². The number of hydrogen-bond acceptors (Lipinski definition) is 4. The Bertz CT molecular complexity index is 820. The third-order valence-corrected chi connectivity index (χ3v) is 4.78. The molecule has 0 bridgehead atoms. The number of aromatic nitrogens is 3. The van der Waals surface area contributed by atoms with Gasteiger partial charge >= 0.3 is 0 Å². The molecular formula is C15H15ClN4OS. The van der Waals surface area contributed by atoms with Gasteiger partial charge in [-0.1, -0.05) is 17.7 Å². The Kier molecular flexibility index (Phi) is 4.13. The normalized spacial score (nSPS) is 11.0. The number of fused-ring (bicyclic) bond motifs is 1. The molecule has 5 nitrogen and oxygen atoms in total. The van der Waals surface area contributed by atoms with Gasteiger partial charge in [0.2, 0.25) is 5.91 Å². The molecule has 114 valence electrons. The zero-order valence-corrected chi connectivity index (χ0v) is 13.8. The van der Waals surface area contributed by atoms with Crippen molar-refractivity contribution in [1.29, 1.82) is 0 Å². The van der Waals surface area contributed by atoms with Gasteiger partial charge in [0.25, 0.3) is 0 Å². The fraction of sp³-hybridized carbons (Fsp3) is 0.267. The smallest absolute Gasteiger partial charge is 0.228 e. The molecule has 7 heteroatoms. The highest BCUT2D eigenvalue weighted by molar-refractivity contribution is 7.15. The second-order valence-corrected chi connectivity index (χ2v) is 6.61. The molecule has 0 aliphatic carbocycles. The SMILES string of the molecule is Cc1nc(NC(=O)CCn2ncc3c(Cl)cccc32)sc1C. The lowest BCUT2D eigenvalue weighted by atomic mass is 10.2. The first-order valence-corrected chi connectivity index (χ1v) is 8.08. The van der Waals surface area contributed by atoms with Gasteiger partial charge in [-0.3, -0.25) is 9.48 Å². The number of thiazole rings is 1. The molecule has 2 heterocycles. The number of carbonyl (C=O) groups is 1. The molecular weight excluding hydrogens is 320 g/mol. The maximum atomic E-state index is 12.0. The Labute approximate surface area is 136 Å². The van der Waals surface area contributed by atoms with Crippen LogP contribution in [0.4, 0.5) is 5.13 Å². The summed E-state index contributed by atoms with van der Waals surface area (Å²) >= 11 is 7.61. The van der Waals surface area contributed by atoms with Crippen LogP contribution in [-0.4, -0.2) is 20.7 Å². The summed E-state index contributed by atoms with van der Waals surface area (Å²) in [6.45, 7) is 4.42. The molecule has 22 heavy (non-hydrogen) atoms. The van der Waals surface area contributed by atoms with Gasteiger partial charge < -0.3 is 5.32 Å². The van der Waals surface area contributed by atoms with Gasteiger partial charge in [0.1, 0.15) is 0 Å². The van der Waals surface area contributed by atoms with E-state index in [0.29, 0.717) is 23.1 Å². The number of hydrogen-bond donors (Lipinski definition) is 1. The second-order valence-electron chi connectivity index (χ2n) is 5.00. The molecule has 0 radical (unpaired) electrons. The minimum Gasteiger partial charge on any atom is -0.302 e. The maximum absolute atomic E-state index is 12.0. The summed E-state index contributed by atoms with van der Waals surface area (Å²) in [5, 5.41) is 9.33.